The van der Waals surface area contributed by atoms with Crippen molar-refractivity contribution in [2.45, 2.75) is 71.3 Å². The van der Waals surface area contributed by atoms with E-state index in [-0.39, 0.29) is 11.8 Å². The van der Waals surface area contributed by atoms with Crippen molar-refractivity contribution in [3.8, 4) is 5.75 Å². The molecule has 1 saturated heterocycles. The fraction of sp³-hybridized carbons (Fsp3) is 0.704. The summed E-state index contributed by atoms with van der Waals surface area (Å²) in [5.41, 5.74) is 1.38. The SMILES string of the molecule is CCOc1ccc2nc(N3CCCC(C(=O)NC(C)C45CC6CC(CC(C6)C4)C5)C3)sc2c1. The van der Waals surface area contributed by atoms with Crippen LogP contribution in [0.15, 0.2) is 18.2 Å². The Morgan fingerprint density at radius 1 is 1.24 bits per heavy atom. The average molecular weight is 468 g/mol. The molecule has 5 nitrogen and oxygen atoms in total. The van der Waals surface area contributed by atoms with E-state index in [0.29, 0.717) is 18.1 Å². The molecule has 2 atom stereocenters. The number of benzene rings is 1. The lowest BCUT2D eigenvalue weighted by Crippen LogP contribution is -2.57. The van der Waals surface area contributed by atoms with Gasteiger partial charge in [-0.05, 0) is 107 Å². The molecule has 0 radical (unpaired) electrons. The smallest absolute Gasteiger partial charge is 0.225 e. The molecule has 4 aliphatic carbocycles. The molecule has 1 aliphatic heterocycles. The van der Waals surface area contributed by atoms with Crippen LogP contribution in [0.5, 0.6) is 5.75 Å². The molecule has 178 valence electrons. The summed E-state index contributed by atoms with van der Waals surface area (Å²) in [6, 6.07) is 6.42. The average Bonchev–Trinajstić information content (AvgIpc) is 3.22. The zero-order valence-electron chi connectivity index (χ0n) is 20.0. The summed E-state index contributed by atoms with van der Waals surface area (Å²) in [5, 5.41) is 4.56. The van der Waals surface area contributed by atoms with E-state index < -0.39 is 0 Å². The van der Waals surface area contributed by atoms with Gasteiger partial charge in [0.1, 0.15) is 5.75 Å². The molecule has 1 N–H and O–H groups in total. The maximum absolute atomic E-state index is 13.4. The highest BCUT2D eigenvalue weighted by atomic mass is 32.1. The highest BCUT2D eigenvalue weighted by molar-refractivity contribution is 7.22. The van der Waals surface area contributed by atoms with E-state index >= 15 is 0 Å². The van der Waals surface area contributed by atoms with Crippen LogP contribution < -0.4 is 15.0 Å². The van der Waals surface area contributed by atoms with Crippen LogP contribution in [0, 0.1) is 29.1 Å². The third-order valence-corrected chi connectivity index (χ3v) is 10.2. The van der Waals surface area contributed by atoms with Gasteiger partial charge in [-0.1, -0.05) is 11.3 Å². The monoisotopic (exact) mass is 467 g/mol. The maximum Gasteiger partial charge on any atom is 0.225 e. The third-order valence-electron chi connectivity index (χ3n) is 9.09. The molecule has 4 saturated carbocycles. The van der Waals surface area contributed by atoms with Crippen molar-refractivity contribution in [2.24, 2.45) is 29.1 Å². The van der Waals surface area contributed by atoms with Gasteiger partial charge in [0.15, 0.2) is 5.13 Å². The Morgan fingerprint density at radius 2 is 1.97 bits per heavy atom. The number of hydrogen-bond donors (Lipinski definition) is 1. The van der Waals surface area contributed by atoms with Crippen molar-refractivity contribution >= 4 is 32.6 Å². The summed E-state index contributed by atoms with van der Waals surface area (Å²) in [6.07, 6.45) is 10.4. The Morgan fingerprint density at radius 3 is 2.67 bits per heavy atom. The van der Waals surface area contributed by atoms with Gasteiger partial charge in [-0.2, -0.15) is 0 Å². The summed E-state index contributed by atoms with van der Waals surface area (Å²) in [7, 11) is 0. The summed E-state index contributed by atoms with van der Waals surface area (Å²) >= 11 is 1.71. The van der Waals surface area contributed by atoms with E-state index in [0.717, 1.165) is 64.8 Å². The molecule has 2 heterocycles. The predicted octanol–water partition coefficient (Wildman–Crippen LogP) is 5.63. The summed E-state index contributed by atoms with van der Waals surface area (Å²) in [5.74, 6) is 3.98. The minimum absolute atomic E-state index is 0.0566. The molecule has 2 aromatic rings. The van der Waals surface area contributed by atoms with Crippen LogP contribution in [0.25, 0.3) is 10.2 Å². The van der Waals surface area contributed by atoms with Crippen molar-refractivity contribution in [3.05, 3.63) is 18.2 Å². The molecule has 7 rings (SSSR count). The first-order valence-electron chi connectivity index (χ1n) is 13.1. The minimum Gasteiger partial charge on any atom is -0.494 e. The molecule has 6 heteroatoms. The number of anilines is 1. The Balaban J connectivity index is 1.12. The lowest BCUT2D eigenvalue weighted by molar-refractivity contribution is -0.130. The van der Waals surface area contributed by atoms with Gasteiger partial charge in [-0.3, -0.25) is 4.79 Å². The minimum atomic E-state index is 0.0566. The zero-order chi connectivity index (χ0) is 22.6. The molecule has 2 unspecified atom stereocenters. The molecule has 4 bridgehead atoms. The number of nitrogens with one attached hydrogen (secondary N) is 1. The van der Waals surface area contributed by atoms with Gasteiger partial charge >= 0.3 is 0 Å². The van der Waals surface area contributed by atoms with Crippen molar-refractivity contribution in [2.75, 3.05) is 24.6 Å². The number of aromatic nitrogens is 1. The van der Waals surface area contributed by atoms with Crippen LogP contribution in [0.3, 0.4) is 0 Å². The van der Waals surface area contributed by atoms with Crippen LogP contribution in [-0.2, 0) is 4.79 Å². The van der Waals surface area contributed by atoms with Crippen molar-refractivity contribution in [1.29, 1.82) is 0 Å². The third kappa shape index (κ3) is 4.02. The van der Waals surface area contributed by atoms with E-state index in [2.05, 4.69) is 23.2 Å². The molecular weight excluding hydrogens is 430 g/mol. The van der Waals surface area contributed by atoms with Gasteiger partial charge in [0, 0.05) is 19.1 Å². The quantitative estimate of drug-likeness (QED) is 0.598. The molecule has 33 heavy (non-hydrogen) atoms. The Labute approximate surface area is 201 Å². The zero-order valence-corrected chi connectivity index (χ0v) is 20.8. The first kappa shape index (κ1) is 21.7. The van der Waals surface area contributed by atoms with Crippen LogP contribution in [-0.4, -0.2) is 36.6 Å². The molecule has 1 amide bonds. The summed E-state index contributed by atoms with van der Waals surface area (Å²) in [6.45, 7) is 6.73. The predicted molar refractivity (Wildman–Crippen MR) is 134 cm³/mol. The van der Waals surface area contributed by atoms with E-state index in [4.69, 9.17) is 9.72 Å². The Hall–Kier alpha value is -1.82. The number of nitrogens with zero attached hydrogens (tertiary/aromatic N) is 2. The lowest BCUT2D eigenvalue weighted by Gasteiger charge is -2.59. The van der Waals surface area contributed by atoms with Crippen LogP contribution in [0.1, 0.15) is 65.2 Å². The van der Waals surface area contributed by atoms with E-state index in [1.165, 1.54) is 38.5 Å². The summed E-state index contributed by atoms with van der Waals surface area (Å²) in [4.78, 5) is 20.6. The number of amides is 1. The Bertz CT molecular complexity index is 998. The highest BCUT2D eigenvalue weighted by Crippen LogP contribution is 2.61. The Kier molecular flexibility index (Phi) is 5.55. The number of rotatable bonds is 6. The van der Waals surface area contributed by atoms with Crippen LogP contribution in [0.2, 0.25) is 0 Å². The largest absolute Gasteiger partial charge is 0.494 e. The van der Waals surface area contributed by atoms with Crippen molar-refractivity contribution in [3.63, 3.8) is 0 Å². The van der Waals surface area contributed by atoms with Crippen molar-refractivity contribution in [1.82, 2.24) is 10.3 Å². The second kappa shape index (κ2) is 8.44. The molecule has 5 fully saturated rings. The number of piperidine rings is 1. The second-order valence-electron chi connectivity index (χ2n) is 11.4. The number of ether oxygens (including phenoxy) is 1. The normalized spacial score (nSPS) is 33.9. The van der Waals surface area contributed by atoms with Gasteiger partial charge in [0.2, 0.25) is 5.91 Å². The van der Waals surface area contributed by atoms with Crippen molar-refractivity contribution < 1.29 is 9.53 Å². The van der Waals surface area contributed by atoms with E-state index in [9.17, 15) is 4.79 Å². The topological polar surface area (TPSA) is 54.5 Å². The maximum atomic E-state index is 13.4. The number of carbonyl (C=O) groups is 1. The first-order valence-corrected chi connectivity index (χ1v) is 13.9. The van der Waals surface area contributed by atoms with Gasteiger partial charge in [0.25, 0.3) is 0 Å². The van der Waals surface area contributed by atoms with Gasteiger partial charge < -0.3 is 15.0 Å². The molecule has 5 aliphatic rings. The second-order valence-corrected chi connectivity index (χ2v) is 12.4. The number of thiazole rings is 1. The molecule has 0 spiro atoms. The fourth-order valence-corrected chi connectivity index (χ4v) is 8.87. The van der Waals surface area contributed by atoms with Crippen LogP contribution >= 0.6 is 11.3 Å². The molecule has 1 aromatic heterocycles. The van der Waals surface area contributed by atoms with E-state index in [1.807, 2.05) is 19.1 Å². The standard InChI is InChI=1S/C27H37N3O2S/c1-3-32-22-6-7-23-24(12-22)33-26(29-23)30-8-4-5-21(16-30)25(31)28-17(2)27-13-18-9-19(14-27)11-20(10-18)15-27/h6-7,12,17-21H,3-5,8-11,13-16H2,1-2H3,(H,28,31). The number of carbonyl (C=O) groups excluding carboxylic acids is 1. The molecule has 1 aromatic carbocycles. The van der Waals surface area contributed by atoms with Gasteiger partial charge in [-0.15, -0.1) is 0 Å². The van der Waals surface area contributed by atoms with E-state index in [1.54, 1.807) is 11.3 Å². The fourth-order valence-electron chi connectivity index (χ4n) is 7.84. The molecular formula is C27H37N3O2S. The number of hydrogen-bond acceptors (Lipinski definition) is 5. The van der Waals surface area contributed by atoms with Gasteiger partial charge in [0.05, 0.1) is 22.7 Å². The number of fused-ring (bicyclic) bond motifs is 1. The van der Waals surface area contributed by atoms with Crippen LogP contribution in [0.4, 0.5) is 5.13 Å². The lowest BCUT2D eigenvalue weighted by atomic mass is 9.48. The van der Waals surface area contributed by atoms with Gasteiger partial charge in [-0.25, -0.2) is 4.98 Å². The first-order chi connectivity index (χ1) is 16.0. The highest BCUT2D eigenvalue weighted by Gasteiger charge is 2.53. The summed E-state index contributed by atoms with van der Waals surface area (Å²) < 4.78 is 6.80.